The molecule has 0 saturated carbocycles. The Morgan fingerprint density at radius 3 is 2.54 bits per heavy atom. The van der Waals surface area contributed by atoms with Gasteiger partial charge in [0.2, 0.25) is 15.9 Å². The maximum atomic E-state index is 12.7. The maximum absolute atomic E-state index is 12.7. The van der Waals surface area contributed by atoms with Crippen molar-refractivity contribution in [2.45, 2.75) is 44.0 Å². The molecule has 7 nitrogen and oxygen atoms in total. The van der Waals surface area contributed by atoms with Gasteiger partial charge in [-0.1, -0.05) is 38.5 Å². The molecule has 1 amide bonds. The Labute approximate surface area is 154 Å². The number of sulfonamides is 1. The summed E-state index contributed by atoms with van der Waals surface area (Å²) in [6.45, 7) is 4.05. The molecule has 2 unspecified atom stereocenters. The van der Waals surface area contributed by atoms with Gasteiger partial charge in [0.05, 0.1) is 10.8 Å². The van der Waals surface area contributed by atoms with Gasteiger partial charge in [-0.05, 0) is 30.9 Å². The van der Waals surface area contributed by atoms with Crippen LogP contribution in [0.4, 0.5) is 0 Å². The first-order valence-electron chi connectivity index (χ1n) is 8.85. The minimum atomic E-state index is -3.66. The van der Waals surface area contributed by atoms with Crippen molar-refractivity contribution in [2.75, 3.05) is 13.1 Å². The normalized spacial score (nSPS) is 20.9. The molecule has 0 aliphatic carbocycles. The van der Waals surface area contributed by atoms with Crippen molar-refractivity contribution in [3.63, 3.8) is 0 Å². The van der Waals surface area contributed by atoms with Crippen molar-refractivity contribution in [1.82, 2.24) is 9.62 Å². The number of piperidine rings is 1. The Balaban J connectivity index is 2.10. The molecular formula is C18H26N2O5S. The molecule has 1 aliphatic rings. The van der Waals surface area contributed by atoms with Crippen molar-refractivity contribution in [2.24, 2.45) is 11.8 Å². The highest BCUT2D eigenvalue weighted by molar-refractivity contribution is 7.89. The number of nitrogens with one attached hydrogen (secondary N) is 1. The molecule has 8 heteroatoms. The lowest BCUT2D eigenvalue weighted by molar-refractivity contribution is -0.144. The number of aliphatic carboxylic acids is 1. The zero-order valence-corrected chi connectivity index (χ0v) is 15.9. The molecule has 2 N–H and O–H groups in total. The summed E-state index contributed by atoms with van der Waals surface area (Å²) in [6.07, 6.45) is 1.72. The molecule has 1 fully saturated rings. The van der Waals surface area contributed by atoms with E-state index >= 15 is 0 Å². The minimum absolute atomic E-state index is 0.0654. The molecule has 0 bridgehead atoms. The van der Waals surface area contributed by atoms with E-state index in [0.29, 0.717) is 25.8 Å². The molecular weight excluding hydrogens is 356 g/mol. The second kappa shape index (κ2) is 8.64. The van der Waals surface area contributed by atoms with Gasteiger partial charge in [-0.3, -0.25) is 4.79 Å². The maximum Gasteiger partial charge on any atom is 0.326 e. The number of carbonyl (C=O) groups excluding carboxylic acids is 1. The van der Waals surface area contributed by atoms with E-state index in [1.807, 2.05) is 6.92 Å². The zero-order chi connectivity index (χ0) is 19.3. The molecule has 1 aromatic rings. The van der Waals surface area contributed by atoms with E-state index in [-0.39, 0.29) is 17.4 Å². The Bertz CT molecular complexity index is 735. The van der Waals surface area contributed by atoms with Gasteiger partial charge in [-0.15, -0.1) is 0 Å². The van der Waals surface area contributed by atoms with E-state index in [1.165, 1.54) is 16.4 Å². The van der Waals surface area contributed by atoms with Crippen LogP contribution in [0.5, 0.6) is 0 Å². The van der Waals surface area contributed by atoms with E-state index in [4.69, 9.17) is 0 Å². The molecule has 0 spiro atoms. The predicted molar refractivity (Wildman–Crippen MR) is 96.9 cm³/mol. The van der Waals surface area contributed by atoms with Gasteiger partial charge in [0.15, 0.2) is 0 Å². The van der Waals surface area contributed by atoms with Crippen LogP contribution in [0, 0.1) is 11.8 Å². The van der Waals surface area contributed by atoms with Crippen LogP contribution in [0.25, 0.3) is 0 Å². The van der Waals surface area contributed by atoms with Crippen LogP contribution in [0.2, 0.25) is 0 Å². The number of rotatable bonds is 7. The lowest BCUT2D eigenvalue weighted by Gasteiger charge is -2.32. The lowest BCUT2D eigenvalue weighted by Crippen LogP contribution is -2.51. The third kappa shape index (κ3) is 4.62. The summed E-state index contributed by atoms with van der Waals surface area (Å²) in [7, 11) is -3.66. The molecule has 144 valence electrons. The summed E-state index contributed by atoms with van der Waals surface area (Å²) in [4.78, 5) is 24.2. The first-order valence-corrected chi connectivity index (χ1v) is 10.3. The van der Waals surface area contributed by atoms with E-state index in [9.17, 15) is 23.1 Å². The van der Waals surface area contributed by atoms with Crippen molar-refractivity contribution in [3.8, 4) is 0 Å². The average Bonchev–Trinajstić information content (AvgIpc) is 2.65. The number of carboxylic acid groups (broad SMARTS) is 1. The van der Waals surface area contributed by atoms with Crippen molar-refractivity contribution < 1.29 is 23.1 Å². The summed E-state index contributed by atoms with van der Waals surface area (Å²) >= 11 is 0. The fourth-order valence-electron chi connectivity index (χ4n) is 3.07. The largest absolute Gasteiger partial charge is 0.480 e. The summed E-state index contributed by atoms with van der Waals surface area (Å²) in [5, 5.41) is 11.9. The third-order valence-electron chi connectivity index (χ3n) is 4.91. The first kappa shape index (κ1) is 20.4. The molecule has 26 heavy (non-hydrogen) atoms. The van der Waals surface area contributed by atoms with Crippen molar-refractivity contribution in [3.05, 3.63) is 30.3 Å². The highest BCUT2D eigenvalue weighted by atomic mass is 32.2. The summed E-state index contributed by atoms with van der Waals surface area (Å²) < 4.78 is 26.8. The second-order valence-electron chi connectivity index (χ2n) is 6.73. The Morgan fingerprint density at radius 1 is 1.31 bits per heavy atom. The van der Waals surface area contributed by atoms with E-state index < -0.39 is 33.9 Å². The zero-order valence-electron chi connectivity index (χ0n) is 15.1. The molecule has 1 aromatic carbocycles. The lowest BCUT2D eigenvalue weighted by atomic mass is 9.95. The van der Waals surface area contributed by atoms with Crippen LogP contribution >= 0.6 is 0 Å². The van der Waals surface area contributed by atoms with Crippen LogP contribution in [0.1, 0.15) is 33.1 Å². The third-order valence-corrected chi connectivity index (χ3v) is 6.79. The van der Waals surface area contributed by atoms with Gasteiger partial charge in [0.1, 0.15) is 6.04 Å². The average molecular weight is 382 g/mol. The summed E-state index contributed by atoms with van der Waals surface area (Å²) in [5.74, 6) is -2.22. The quantitative estimate of drug-likeness (QED) is 0.747. The van der Waals surface area contributed by atoms with Crippen LogP contribution in [0.3, 0.4) is 0 Å². The monoisotopic (exact) mass is 382 g/mol. The topological polar surface area (TPSA) is 104 Å². The van der Waals surface area contributed by atoms with E-state index in [2.05, 4.69) is 5.32 Å². The highest BCUT2D eigenvalue weighted by Gasteiger charge is 2.35. The van der Waals surface area contributed by atoms with Gasteiger partial charge < -0.3 is 10.4 Å². The van der Waals surface area contributed by atoms with Crippen LogP contribution in [-0.2, 0) is 19.6 Å². The number of hydrogen-bond acceptors (Lipinski definition) is 4. The fourth-order valence-corrected chi connectivity index (χ4v) is 4.62. The fraction of sp³-hybridized carbons (Fsp3) is 0.556. The van der Waals surface area contributed by atoms with Crippen molar-refractivity contribution >= 4 is 21.9 Å². The predicted octanol–water partition coefficient (Wildman–Crippen LogP) is 1.70. The Kier molecular flexibility index (Phi) is 6.77. The van der Waals surface area contributed by atoms with E-state index in [0.717, 1.165) is 0 Å². The van der Waals surface area contributed by atoms with E-state index in [1.54, 1.807) is 25.1 Å². The van der Waals surface area contributed by atoms with Crippen LogP contribution in [-0.4, -0.2) is 48.8 Å². The van der Waals surface area contributed by atoms with Gasteiger partial charge in [-0.25, -0.2) is 13.2 Å². The van der Waals surface area contributed by atoms with Crippen LogP contribution < -0.4 is 5.32 Å². The number of hydrogen-bond donors (Lipinski definition) is 2. The number of nitrogens with zero attached hydrogens (tertiary/aromatic N) is 1. The minimum Gasteiger partial charge on any atom is -0.480 e. The molecule has 1 saturated heterocycles. The number of benzene rings is 1. The smallest absolute Gasteiger partial charge is 0.326 e. The number of amides is 1. The summed E-state index contributed by atoms with van der Waals surface area (Å²) in [5.41, 5.74) is 0. The second-order valence-corrected chi connectivity index (χ2v) is 8.66. The summed E-state index contributed by atoms with van der Waals surface area (Å²) in [6, 6.07) is 7.15. The molecule has 0 aromatic heterocycles. The van der Waals surface area contributed by atoms with Gasteiger partial charge in [0, 0.05) is 13.1 Å². The number of carboxylic acids is 1. The van der Waals surface area contributed by atoms with Gasteiger partial charge >= 0.3 is 5.97 Å². The molecule has 2 rings (SSSR count). The SMILES string of the molecule is CCC(C)[C@H](NC(=O)C1CCCN(S(=O)(=O)c2ccccc2)C1)C(=O)O. The molecule has 3 atom stereocenters. The first-order chi connectivity index (χ1) is 12.3. The Morgan fingerprint density at radius 2 is 1.96 bits per heavy atom. The molecule has 0 radical (unpaired) electrons. The van der Waals surface area contributed by atoms with Gasteiger partial charge in [0.25, 0.3) is 0 Å². The van der Waals surface area contributed by atoms with Crippen molar-refractivity contribution in [1.29, 1.82) is 0 Å². The number of carbonyl (C=O) groups is 2. The Hall–Kier alpha value is -1.93. The standard InChI is InChI=1S/C18H26N2O5S/c1-3-13(2)16(18(22)23)19-17(21)14-8-7-11-20(12-14)26(24,25)15-9-5-4-6-10-15/h4-6,9-10,13-14,16H,3,7-8,11-12H2,1-2H3,(H,19,21)(H,22,23)/t13?,14?,16-/m0/s1. The van der Waals surface area contributed by atoms with Crippen LogP contribution in [0.15, 0.2) is 35.2 Å². The van der Waals surface area contributed by atoms with Gasteiger partial charge in [-0.2, -0.15) is 4.31 Å². The molecule has 1 heterocycles. The molecule has 1 aliphatic heterocycles. The highest BCUT2D eigenvalue weighted by Crippen LogP contribution is 2.24.